The van der Waals surface area contributed by atoms with Gasteiger partial charge in [0, 0.05) is 17.9 Å². The lowest BCUT2D eigenvalue weighted by Gasteiger charge is -2.25. The highest BCUT2D eigenvalue weighted by Gasteiger charge is 2.31. The van der Waals surface area contributed by atoms with Crippen LogP contribution in [-0.2, 0) is 22.4 Å². The fourth-order valence-corrected chi connectivity index (χ4v) is 4.26. The number of halogens is 1. The van der Waals surface area contributed by atoms with Gasteiger partial charge in [0.25, 0.3) is 0 Å². The van der Waals surface area contributed by atoms with Gasteiger partial charge >= 0.3 is 6.09 Å². The molecule has 3 atom stereocenters. The molecule has 10 nitrogen and oxygen atoms in total. The van der Waals surface area contributed by atoms with E-state index in [9.17, 15) is 29.4 Å². The maximum Gasteiger partial charge on any atom is 0.405 e. The first-order chi connectivity index (χ1) is 19.0. The molecule has 5 N–H and O–H groups in total. The Bertz CT molecular complexity index is 1290. The van der Waals surface area contributed by atoms with E-state index in [0.29, 0.717) is 22.6 Å². The van der Waals surface area contributed by atoms with E-state index in [-0.39, 0.29) is 30.3 Å². The van der Waals surface area contributed by atoms with Crippen molar-refractivity contribution in [3.63, 3.8) is 0 Å². The van der Waals surface area contributed by atoms with Crippen molar-refractivity contribution < 1.29 is 33.8 Å². The highest BCUT2D eigenvalue weighted by molar-refractivity contribution is 6.30. The standard InChI is InChI=1S/C29H32ClN3O7/c1-17(2)14-22(26(35)25-4-3-13-40-25)31-27(36)23(15-19-7-11-21(34)12-8-19)32-28(37)24(33-29(38)39)16-18-5-9-20(30)10-6-18/h3-13,17,22-24,33-34H,14-16H2,1-2H3,(H,31,36)(H,32,37)(H,38,39). The van der Waals surface area contributed by atoms with E-state index in [4.69, 9.17) is 16.0 Å². The van der Waals surface area contributed by atoms with Crippen LogP contribution in [0.15, 0.2) is 71.3 Å². The number of carbonyl (C=O) groups is 4. The number of rotatable bonds is 13. The summed E-state index contributed by atoms with van der Waals surface area (Å²) in [5, 5.41) is 27.1. The number of ketones is 1. The summed E-state index contributed by atoms with van der Waals surface area (Å²) in [7, 11) is 0. The lowest BCUT2D eigenvalue weighted by molar-refractivity contribution is -0.130. The smallest absolute Gasteiger partial charge is 0.405 e. The molecule has 0 aliphatic heterocycles. The largest absolute Gasteiger partial charge is 0.508 e. The molecule has 0 saturated heterocycles. The number of hydrogen-bond acceptors (Lipinski definition) is 6. The first-order valence-electron chi connectivity index (χ1n) is 12.7. The van der Waals surface area contributed by atoms with Gasteiger partial charge in [-0.05, 0) is 59.9 Å². The summed E-state index contributed by atoms with van der Waals surface area (Å²) < 4.78 is 5.24. The quantitative estimate of drug-likeness (QED) is 0.195. The first-order valence-corrected chi connectivity index (χ1v) is 13.1. The second-order valence-corrected chi connectivity index (χ2v) is 10.2. The molecule has 1 heterocycles. The molecule has 212 valence electrons. The number of Topliss-reactive ketones (excluding diaryl/α,β-unsaturated/α-hetero) is 1. The Kier molecular flexibility index (Phi) is 10.7. The Labute approximate surface area is 236 Å². The molecule has 0 bridgehead atoms. The molecule has 0 spiro atoms. The van der Waals surface area contributed by atoms with Crippen LogP contribution >= 0.6 is 11.6 Å². The van der Waals surface area contributed by atoms with Gasteiger partial charge < -0.3 is 30.6 Å². The van der Waals surface area contributed by atoms with Gasteiger partial charge in [-0.15, -0.1) is 0 Å². The summed E-state index contributed by atoms with van der Waals surface area (Å²) in [5.41, 5.74) is 1.27. The van der Waals surface area contributed by atoms with Crippen LogP contribution in [0.5, 0.6) is 5.75 Å². The Morgan fingerprint density at radius 1 is 0.800 bits per heavy atom. The molecule has 2 aromatic carbocycles. The molecule has 3 rings (SSSR count). The van der Waals surface area contributed by atoms with Gasteiger partial charge in [-0.3, -0.25) is 14.4 Å². The van der Waals surface area contributed by atoms with Gasteiger partial charge in [0.2, 0.25) is 17.6 Å². The molecule has 0 radical (unpaired) electrons. The lowest BCUT2D eigenvalue weighted by atomic mass is 9.97. The van der Waals surface area contributed by atoms with Crippen LogP contribution in [0.25, 0.3) is 0 Å². The third-order valence-corrected chi connectivity index (χ3v) is 6.33. The van der Waals surface area contributed by atoms with Gasteiger partial charge in [0.15, 0.2) is 5.76 Å². The van der Waals surface area contributed by atoms with Crippen molar-refractivity contribution in [1.29, 1.82) is 0 Å². The molecular formula is C29H32ClN3O7. The normalized spacial score (nSPS) is 13.2. The molecule has 0 aliphatic rings. The highest BCUT2D eigenvalue weighted by atomic mass is 35.5. The molecule has 1 aromatic heterocycles. The number of phenolic OH excluding ortho intramolecular Hbond substituents is 1. The van der Waals surface area contributed by atoms with Crippen LogP contribution in [0.2, 0.25) is 5.02 Å². The van der Waals surface area contributed by atoms with Crippen molar-refractivity contribution in [2.24, 2.45) is 5.92 Å². The van der Waals surface area contributed by atoms with E-state index in [2.05, 4.69) is 16.0 Å². The molecule has 40 heavy (non-hydrogen) atoms. The number of benzene rings is 2. The maximum atomic E-state index is 13.5. The Morgan fingerprint density at radius 2 is 1.32 bits per heavy atom. The van der Waals surface area contributed by atoms with Gasteiger partial charge in [-0.25, -0.2) is 4.79 Å². The average Bonchev–Trinajstić information content (AvgIpc) is 3.44. The topological polar surface area (TPSA) is 158 Å². The number of amides is 3. The summed E-state index contributed by atoms with van der Waals surface area (Å²) in [4.78, 5) is 51.4. The Balaban J connectivity index is 1.85. The third kappa shape index (κ3) is 9.16. The van der Waals surface area contributed by atoms with Gasteiger partial charge in [0.1, 0.15) is 17.8 Å². The van der Waals surface area contributed by atoms with E-state index in [1.54, 1.807) is 42.5 Å². The summed E-state index contributed by atoms with van der Waals surface area (Å²) >= 11 is 5.93. The van der Waals surface area contributed by atoms with Crippen molar-refractivity contribution in [1.82, 2.24) is 16.0 Å². The monoisotopic (exact) mass is 569 g/mol. The molecule has 0 saturated carbocycles. The second kappa shape index (κ2) is 14.2. The summed E-state index contributed by atoms with van der Waals surface area (Å²) in [5.74, 6) is -1.59. The van der Waals surface area contributed by atoms with Crippen LogP contribution in [0.4, 0.5) is 4.79 Å². The number of carboxylic acid groups (broad SMARTS) is 1. The maximum absolute atomic E-state index is 13.5. The van der Waals surface area contributed by atoms with E-state index < -0.39 is 41.8 Å². The summed E-state index contributed by atoms with van der Waals surface area (Å²) in [6, 6.07) is 12.5. The highest BCUT2D eigenvalue weighted by Crippen LogP contribution is 2.16. The molecular weight excluding hydrogens is 538 g/mol. The van der Waals surface area contributed by atoms with Crippen molar-refractivity contribution in [2.75, 3.05) is 0 Å². The minimum absolute atomic E-state index is 0.00973. The van der Waals surface area contributed by atoms with Crippen molar-refractivity contribution in [3.05, 3.63) is 88.8 Å². The summed E-state index contributed by atoms with van der Waals surface area (Å²) in [6.45, 7) is 3.81. The van der Waals surface area contributed by atoms with Crippen LogP contribution in [0, 0.1) is 5.92 Å². The van der Waals surface area contributed by atoms with Gasteiger partial charge in [-0.2, -0.15) is 0 Å². The zero-order valence-electron chi connectivity index (χ0n) is 22.1. The lowest BCUT2D eigenvalue weighted by Crippen LogP contribution is -2.56. The molecule has 0 fully saturated rings. The number of nitrogens with one attached hydrogen (secondary N) is 3. The number of aromatic hydroxyl groups is 1. The third-order valence-electron chi connectivity index (χ3n) is 6.08. The summed E-state index contributed by atoms with van der Waals surface area (Å²) in [6.07, 6.45) is 0.309. The average molecular weight is 570 g/mol. The predicted octanol–water partition coefficient (Wildman–Crippen LogP) is 3.96. The van der Waals surface area contributed by atoms with Gasteiger partial charge in [-0.1, -0.05) is 49.7 Å². The SMILES string of the molecule is CC(C)CC(NC(=O)C(Cc1ccc(O)cc1)NC(=O)C(Cc1ccc(Cl)cc1)NC(=O)O)C(=O)c1ccco1. The second-order valence-electron chi connectivity index (χ2n) is 9.80. The Hall–Kier alpha value is -4.31. The number of furan rings is 1. The van der Waals surface area contributed by atoms with Crippen molar-refractivity contribution in [3.8, 4) is 5.75 Å². The van der Waals surface area contributed by atoms with Crippen LogP contribution in [0.1, 0.15) is 41.9 Å². The minimum Gasteiger partial charge on any atom is -0.508 e. The fraction of sp³-hybridized carbons (Fsp3) is 0.310. The van der Waals surface area contributed by atoms with Crippen LogP contribution < -0.4 is 16.0 Å². The number of hydrogen-bond donors (Lipinski definition) is 5. The van der Waals surface area contributed by atoms with Gasteiger partial charge in [0.05, 0.1) is 12.3 Å². The van der Waals surface area contributed by atoms with Crippen molar-refractivity contribution >= 4 is 35.3 Å². The van der Waals surface area contributed by atoms with Crippen LogP contribution in [-0.4, -0.2) is 52.0 Å². The minimum atomic E-state index is -1.41. The zero-order valence-corrected chi connectivity index (χ0v) is 22.9. The zero-order chi connectivity index (χ0) is 29.2. The molecule has 3 aromatic rings. The first kappa shape index (κ1) is 30.2. The van der Waals surface area contributed by atoms with Crippen molar-refractivity contribution in [2.45, 2.75) is 51.2 Å². The number of phenols is 1. The Morgan fingerprint density at radius 3 is 1.82 bits per heavy atom. The predicted molar refractivity (Wildman–Crippen MR) is 148 cm³/mol. The molecule has 0 aliphatic carbocycles. The fourth-order valence-electron chi connectivity index (χ4n) is 4.13. The number of carbonyl (C=O) groups excluding carboxylic acids is 3. The van der Waals surface area contributed by atoms with E-state index in [1.807, 2.05) is 13.8 Å². The van der Waals surface area contributed by atoms with E-state index >= 15 is 0 Å². The van der Waals surface area contributed by atoms with E-state index in [0.717, 1.165) is 0 Å². The van der Waals surface area contributed by atoms with E-state index in [1.165, 1.54) is 24.5 Å². The molecule has 11 heteroatoms. The molecule has 3 amide bonds. The van der Waals surface area contributed by atoms with Crippen LogP contribution in [0.3, 0.4) is 0 Å². The molecule has 3 unspecified atom stereocenters.